The van der Waals surface area contributed by atoms with Gasteiger partial charge in [0.1, 0.15) is 5.82 Å². The molecule has 0 atom stereocenters. The highest BCUT2D eigenvalue weighted by Gasteiger charge is 2.19. The Morgan fingerprint density at radius 2 is 1.80 bits per heavy atom. The van der Waals surface area contributed by atoms with Crippen molar-refractivity contribution >= 4 is 15.9 Å². The molecule has 0 aliphatic heterocycles. The fourth-order valence-electron chi connectivity index (χ4n) is 2.17. The predicted octanol–water partition coefficient (Wildman–Crippen LogP) is 4.66. The summed E-state index contributed by atoms with van der Waals surface area (Å²) in [4.78, 5) is 0. The summed E-state index contributed by atoms with van der Waals surface area (Å²) in [5.74, 6) is -0.176. The summed E-state index contributed by atoms with van der Waals surface area (Å²) in [5, 5.41) is 3.35. The Morgan fingerprint density at radius 3 is 2.45 bits per heavy atom. The van der Waals surface area contributed by atoms with Gasteiger partial charge in [-0.25, -0.2) is 4.39 Å². The monoisotopic (exact) mass is 335 g/mol. The summed E-state index contributed by atoms with van der Waals surface area (Å²) in [6.07, 6.45) is 0. The average Bonchev–Trinajstić information content (AvgIpc) is 2.42. The van der Waals surface area contributed by atoms with Gasteiger partial charge in [-0.3, -0.25) is 0 Å². The third-order valence-corrected chi connectivity index (χ3v) is 3.95. The van der Waals surface area contributed by atoms with Crippen molar-refractivity contribution in [1.29, 1.82) is 0 Å². The van der Waals surface area contributed by atoms with Gasteiger partial charge in [-0.15, -0.1) is 0 Å². The number of hydrogen-bond acceptors (Lipinski definition) is 1. The molecule has 0 radical (unpaired) electrons. The Hall–Kier alpha value is -1.19. The first-order chi connectivity index (χ1) is 9.49. The molecular weight excluding hydrogens is 317 g/mol. The lowest BCUT2D eigenvalue weighted by Crippen LogP contribution is -2.32. The van der Waals surface area contributed by atoms with Crippen LogP contribution in [0.15, 0.2) is 53.0 Å². The summed E-state index contributed by atoms with van der Waals surface area (Å²) >= 11 is 3.27. The summed E-state index contributed by atoms with van der Waals surface area (Å²) in [6, 6.07) is 15.5. The van der Waals surface area contributed by atoms with E-state index in [0.29, 0.717) is 12.1 Å². The summed E-state index contributed by atoms with van der Waals surface area (Å²) in [6.45, 7) is 5.71. The molecule has 0 aliphatic carbocycles. The highest BCUT2D eigenvalue weighted by atomic mass is 79.9. The highest BCUT2D eigenvalue weighted by molar-refractivity contribution is 9.10. The third kappa shape index (κ3) is 3.90. The van der Waals surface area contributed by atoms with Gasteiger partial charge in [-0.2, -0.15) is 0 Å². The summed E-state index contributed by atoms with van der Waals surface area (Å²) < 4.78 is 14.5. The van der Waals surface area contributed by atoms with E-state index in [1.807, 2.05) is 30.3 Å². The number of halogens is 2. The van der Waals surface area contributed by atoms with Gasteiger partial charge in [0.25, 0.3) is 0 Å². The number of nitrogens with one attached hydrogen (secondary N) is 1. The molecule has 2 aromatic rings. The first-order valence-corrected chi connectivity index (χ1v) is 7.48. The maximum absolute atomic E-state index is 13.7. The lowest BCUT2D eigenvalue weighted by Gasteiger charge is -2.26. The van der Waals surface area contributed by atoms with Crippen LogP contribution in [-0.4, -0.2) is 6.54 Å². The summed E-state index contributed by atoms with van der Waals surface area (Å²) in [7, 11) is 0. The van der Waals surface area contributed by atoms with Crippen molar-refractivity contribution in [3.05, 3.63) is 69.9 Å². The molecule has 0 heterocycles. The fourth-order valence-corrected chi connectivity index (χ4v) is 2.50. The minimum atomic E-state index is -0.176. The second-order valence-corrected chi connectivity index (χ2v) is 6.50. The Bertz CT molecular complexity index is 566. The van der Waals surface area contributed by atoms with E-state index in [4.69, 9.17) is 0 Å². The van der Waals surface area contributed by atoms with Crippen LogP contribution in [0, 0.1) is 5.82 Å². The van der Waals surface area contributed by atoms with Crippen molar-refractivity contribution in [2.45, 2.75) is 25.8 Å². The molecule has 0 fully saturated rings. The smallest absolute Gasteiger partial charge is 0.128 e. The molecule has 0 spiro atoms. The highest BCUT2D eigenvalue weighted by Crippen LogP contribution is 2.22. The average molecular weight is 336 g/mol. The van der Waals surface area contributed by atoms with E-state index in [1.54, 1.807) is 0 Å². The first-order valence-electron chi connectivity index (χ1n) is 6.69. The second-order valence-electron chi connectivity index (χ2n) is 5.59. The van der Waals surface area contributed by atoms with E-state index in [2.05, 4.69) is 47.2 Å². The van der Waals surface area contributed by atoms with E-state index in [9.17, 15) is 4.39 Å². The van der Waals surface area contributed by atoms with Gasteiger partial charge in [0.2, 0.25) is 0 Å². The van der Waals surface area contributed by atoms with Crippen molar-refractivity contribution < 1.29 is 4.39 Å². The van der Waals surface area contributed by atoms with Crippen molar-refractivity contribution in [2.24, 2.45) is 0 Å². The van der Waals surface area contributed by atoms with Gasteiger partial charge < -0.3 is 5.32 Å². The molecule has 0 aliphatic rings. The molecule has 0 saturated carbocycles. The molecule has 2 aromatic carbocycles. The topological polar surface area (TPSA) is 12.0 Å². The molecule has 2 rings (SSSR count). The Morgan fingerprint density at radius 1 is 1.10 bits per heavy atom. The molecular formula is C17H19BrFN. The minimum absolute atomic E-state index is 0.0209. The van der Waals surface area contributed by atoms with E-state index in [0.717, 1.165) is 11.0 Å². The number of benzene rings is 2. The van der Waals surface area contributed by atoms with Gasteiger partial charge in [-0.1, -0.05) is 66.2 Å². The first kappa shape index (κ1) is 15.2. The van der Waals surface area contributed by atoms with Crippen LogP contribution in [0.2, 0.25) is 0 Å². The maximum Gasteiger partial charge on any atom is 0.128 e. The Kier molecular flexibility index (Phi) is 4.95. The zero-order valence-corrected chi connectivity index (χ0v) is 13.4. The van der Waals surface area contributed by atoms with E-state index >= 15 is 0 Å². The van der Waals surface area contributed by atoms with E-state index in [-0.39, 0.29) is 11.2 Å². The second kappa shape index (κ2) is 6.51. The van der Waals surface area contributed by atoms with Gasteiger partial charge in [0.15, 0.2) is 0 Å². The molecule has 0 unspecified atom stereocenters. The van der Waals surface area contributed by atoms with Crippen LogP contribution in [0.1, 0.15) is 25.0 Å². The SMILES string of the molecule is CC(C)(CNCc1ccc(Br)cc1F)c1ccccc1. The predicted molar refractivity (Wildman–Crippen MR) is 85.3 cm³/mol. The Balaban J connectivity index is 1.95. The van der Waals surface area contributed by atoms with Crippen LogP contribution in [0.4, 0.5) is 4.39 Å². The van der Waals surface area contributed by atoms with Crippen molar-refractivity contribution in [3.8, 4) is 0 Å². The van der Waals surface area contributed by atoms with Crippen molar-refractivity contribution in [3.63, 3.8) is 0 Å². The zero-order valence-electron chi connectivity index (χ0n) is 11.8. The molecule has 0 aromatic heterocycles. The van der Waals surface area contributed by atoms with Crippen LogP contribution in [0.5, 0.6) is 0 Å². The molecule has 20 heavy (non-hydrogen) atoms. The van der Waals surface area contributed by atoms with E-state index in [1.165, 1.54) is 11.6 Å². The number of hydrogen-bond donors (Lipinski definition) is 1. The maximum atomic E-state index is 13.7. The zero-order chi connectivity index (χ0) is 14.6. The lowest BCUT2D eigenvalue weighted by molar-refractivity contribution is 0.464. The van der Waals surface area contributed by atoms with Crippen molar-refractivity contribution in [2.75, 3.05) is 6.54 Å². The molecule has 1 nitrogen and oxygen atoms in total. The van der Waals surface area contributed by atoms with Crippen LogP contribution < -0.4 is 5.32 Å². The minimum Gasteiger partial charge on any atom is -0.312 e. The summed E-state index contributed by atoms with van der Waals surface area (Å²) in [5.41, 5.74) is 1.99. The third-order valence-electron chi connectivity index (χ3n) is 3.45. The molecule has 0 amide bonds. The van der Waals surface area contributed by atoms with Crippen LogP contribution >= 0.6 is 15.9 Å². The molecule has 0 bridgehead atoms. The quantitative estimate of drug-likeness (QED) is 0.838. The van der Waals surface area contributed by atoms with Crippen molar-refractivity contribution in [1.82, 2.24) is 5.32 Å². The largest absolute Gasteiger partial charge is 0.312 e. The lowest BCUT2D eigenvalue weighted by atomic mass is 9.84. The van der Waals surface area contributed by atoms with Crippen LogP contribution in [0.25, 0.3) is 0 Å². The van der Waals surface area contributed by atoms with Gasteiger partial charge in [-0.05, 0) is 17.7 Å². The Labute approximate surface area is 128 Å². The fraction of sp³-hybridized carbons (Fsp3) is 0.294. The number of rotatable bonds is 5. The molecule has 106 valence electrons. The van der Waals surface area contributed by atoms with Gasteiger partial charge >= 0.3 is 0 Å². The molecule has 1 N–H and O–H groups in total. The standard InChI is InChI=1S/C17H19BrFN/c1-17(2,14-6-4-3-5-7-14)12-20-11-13-8-9-15(18)10-16(13)19/h3-10,20H,11-12H2,1-2H3. The van der Waals surface area contributed by atoms with Gasteiger partial charge in [0, 0.05) is 28.5 Å². The molecule has 3 heteroatoms. The normalized spacial score (nSPS) is 11.6. The van der Waals surface area contributed by atoms with Crippen LogP contribution in [0.3, 0.4) is 0 Å². The van der Waals surface area contributed by atoms with Gasteiger partial charge in [0.05, 0.1) is 0 Å². The molecule has 0 saturated heterocycles. The van der Waals surface area contributed by atoms with E-state index < -0.39 is 0 Å². The van der Waals surface area contributed by atoms with Crippen LogP contribution in [-0.2, 0) is 12.0 Å².